The van der Waals surface area contributed by atoms with Crippen LogP contribution in [0.3, 0.4) is 0 Å². The summed E-state index contributed by atoms with van der Waals surface area (Å²) in [6, 6.07) is 18.6. The number of carbonyl (C=O) groups is 2. The van der Waals surface area contributed by atoms with E-state index in [0.717, 1.165) is 48.0 Å². The SMILES string of the molecule is CC12CCC(C(=Cc3ccccc3)C1=O)C2(C)C.Cc1ccc(C=C2C(=O)C3(C)CCC2C3(C)C)cc1. The molecule has 4 bridgehead atoms. The van der Waals surface area contributed by atoms with Crippen molar-refractivity contribution in [3.63, 3.8) is 0 Å². The summed E-state index contributed by atoms with van der Waals surface area (Å²) in [7, 11) is 0. The third-order valence-corrected chi connectivity index (χ3v) is 11.3. The molecule has 2 nitrogen and oxygen atoms in total. The number of rotatable bonds is 2. The Labute approximate surface area is 223 Å². The lowest BCUT2D eigenvalue weighted by atomic mass is 9.70. The molecular formula is C35H42O2. The smallest absolute Gasteiger partial charge is 0.165 e. The Bertz CT molecular complexity index is 1290. The van der Waals surface area contributed by atoms with Gasteiger partial charge in [0.15, 0.2) is 11.6 Å². The first-order valence-electron chi connectivity index (χ1n) is 14.0. The molecule has 0 aromatic heterocycles. The molecule has 2 heteroatoms. The summed E-state index contributed by atoms with van der Waals surface area (Å²) in [5.41, 5.74) is 5.61. The van der Waals surface area contributed by atoms with Gasteiger partial charge in [0.05, 0.1) is 0 Å². The second kappa shape index (κ2) is 8.65. The van der Waals surface area contributed by atoms with Gasteiger partial charge < -0.3 is 0 Å². The molecule has 0 spiro atoms. The van der Waals surface area contributed by atoms with E-state index in [1.54, 1.807) is 0 Å². The summed E-state index contributed by atoms with van der Waals surface area (Å²) < 4.78 is 0. The zero-order valence-corrected chi connectivity index (χ0v) is 23.7. The molecule has 4 atom stereocenters. The lowest BCUT2D eigenvalue weighted by Crippen LogP contribution is -2.32. The van der Waals surface area contributed by atoms with Crippen molar-refractivity contribution >= 4 is 23.7 Å². The Morgan fingerprint density at radius 3 is 1.41 bits per heavy atom. The number of hydrogen-bond donors (Lipinski definition) is 0. The van der Waals surface area contributed by atoms with Gasteiger partial charge in [-0.3, -0.25) is 9.59 Å². The standard InChI is InChI=1S/C18H22O.C17H20O/c1-12-5-7-13(8-6-12)11-14-15-9-10-18(4,16(14)19)17(15,2)3;1-16(2)14-9-10-17(16,3)15(18)13(14)11-12-7-5-4-6-8-12/h5-8,11,15H,9-10H2,1-4H3;4-8,11,14H,9-10H2,1-3H3. The molecule has 4 aliphatic carbocycles. The zero-order valence-electron chi connectivity index (χ0n) is 23.7. The van der Waals surface area contributed by atoms with Gasteiger partial charge in [0, 0.05) is 10.8 Å². The van der Waals surface area contributed by atoms with Crippen LogP contribution in [0, 0.1) is 40.4 Å². The molecule has 4 unspecified atom stereocenters. The number of carbonyl (C=O) groups excluding carboxylic acids is 2. The van der Waals surface area contributed by atoms with Gasteiger partial charge in [0.1, 0.15) is 0 Å². The summed E-state index contributed by atoms with van der Waals surface area (Å²) in [6.45, 7) is 15.4. The van der Waals surface area contributed by atoms with E-state index in [9.17, 15) is 9.59 Å². The molecule has 0 N–H and O–H groups in total. The Balaban J connectivity index is 0.000000152. The largest absolute Gasteiger partial charge is 0.294 e. The quantitative estimate of drug-likeness (QED) is 0.392. The average molecular weight is 495 g/mol. The number of benzene rings is 2. The van der Waals surface area contributed by atoms with E-state index in [-0.39, 0.29) is 21.7 Å². The number of ketones is 2. The number of Topliss-reactive ketones (excluding diaryl/α,β-unsaturated/α-hetero) is 2. The fraction of sp³-hybridized carbons (Fsp3) is 0.486. The minimum atomic E-state index is -0.145. The molecule has 0 aliphatic heterocycles. The topological polar surface area (TPSA) is 34.1 Å². The van der Waals surface area contributed by atoms with E-state index in [0.29, 0.717) is 23.4 Å². The third kappa shape index (κ3) is 3.74. The molecular weight excluding hydrogens is 452 g/mol. The van der Waals surface area contributed by atoms with Crippen molar-refractivity contribution in [2.75, 3.05) is 0 Å². The molecule has 2 aromatic rings. The minimum Gasteiger partial charge on any atom is -0.294 e. The van der Waals surface area contributed by atoms with E-state index in [1.807, 2.05) is 18.2 Å². The molecule has 0 saturated heterocycles. The fourth-order valence-electron chi connectivity index (χ4n) is 7.76. The molecule has 0 heterocycles. The highest BCUT2D eigenvalue weighted by molar-refractivity contribution is 6.08. The van der Waals surface area contributed by atoms with Crippen LogP contribution in [0.1, 0.15) is 83.9 Å². The Morgan fingerprint density at radius 2 is 1.03 bits per heavy atom. The molecule has 2 aromatic carbocycles. The van der Waals surface area contributed by atoms with Gasteiger partial charge in [0.2, 0.25) is 0 Å². The van der Waals surface area contributed by atoms with Crippen LogP contribution >= 0.6 is 0 Å². The van der Waals surface area contributed by atoms with Gasteiger partial charge in [-0.1, -0.05) is 102 Å². The van der Waals surface area contributed by atoms with Gasteiger partial charge in [-0.15, -0.1) is 0 Å². The van der Waals surface area contributed by atoms with Crippen molar-refractivity contribution in [3.05, 3.63) is 82.4 Å². The number of allylic oxidation sites excluding steroid dienone is 2. The normalized spacial score (nSPS) is 34.8. The lowest BCUT2D eigenvalue weighted by Gasteiger charge is -2.31. The van der Waals surface area contributed by atoms with Crippen LogP contribution in [-0.4, -0.2) is 11.6 Å². The first-order chi connectivity index (χ1) is 17.3. The Morgan fingerprint density at radius 1 is 0.622 bits per heavy atom. The summed E-state index contributed by atoms with van der Waals surface area (Å²) in [5, 5.41) is 0. The van der Waals surface area contributed by atoms with Crippen LogP contribution in [0.15, 0.2) is 65.7 Å². The van der Waals surface area contributed by atoms with E-state index < -0.39 is 0 Å². The van der Waals surface area contributed by atoms with E-state index in [4.69, 9.17) is 0 Å². The van der Waals surface area contributed by atoms with Gasteiger partial charge in [-0.2, -0.15) is 0 Å². The van der Waals surface area contributed by atoms with Gasteiger partial charge >= 0.3 is 0 Å². The maximum atomic E-state index is 12.7. The third-order valence-electron chi connectivity index (χ3n) is 11.3. The van der Waals surface area contributed by atoms with E-state index in [2.05, 4.69) is 97.0 Å². The van der Waals surface area contributed by atoms with Gasteiger partial charge in [0.25, 0.3) is 0 Å². The maximum absolute atomic E-state index is 12.7. The number of hydrogen-bond acceptors (Lipinski definition) is 2. The van der Waals surface area contributed by atoms with Crippen LogP contribution in [0.4, 0.5) is 0 Å². The predicted molar refractivity (Wildman–Crippen MR) is 153 cm³/mol. The van der Waals surface area contributed by atoms with E-state index in [1.165, 1.54) is 5.56 Å². The Kier molecular flexibility index (Phi) is 6.05. The van der Waals surface area contributed by atoms with Crippen molar-refractivity contribution < 1.29 is 9.59 Å². The highest BCUT2D eigenvalue weighted by atomic mass is 16.1. The second-order valence-corrected chi connectivity index (χ2v) is 13.5. The van der Waals surface area contributed by atoms with E-state index >= 15 is 0 Å². The minimum absolute atomic E-state index is 0.112. The molecule has 4 aliphatic rings. The number of fused-ring (bicyclic) bond motifs is 4. The highest BCUT2D eigenvalue weighted by Crippen LogP contribution is 2.66. The maximum Gasteiger partial charge on any atom is 0.165 e. The lowest BCUT2D eigenvalue weighted by molar-refractivity contribution is -0.126. The second-order valence-electron chi connectivity index (χ2n) is 13.5. The molecule has 0 radical (unpaired) electrons. The van der Waals surface area contributed by atoms with Crippen molar-refractivity contribution in [3.8, 4) is 0 Å². The first kappa shape index (κ1) is 25.9. The van der Waals surface area contributed by atoms with Gasteiger partial charge in [-0.25, -0.2) is 0 Å². The molecule has 37 heavy (non-hydrogen) atoms. The van der Waals surface area contributed by atoms with Crippen LogP contribution in [0.2, 0.25) is 0 Å². The Hall–Kier alpha value is -2.74. The van der Waals surface area contributed by atoms with Crippen LogP contribution < -0.4 is 0 Å². The fourth-order valence-corrected chi connectivity index (χ4v) is 7.76. The molecule has 194 valence electrons. The van der Waals surface area contributed by atoms with Crippen molar-refractivity contribution in [1.29, 1.82) is 0 Å². The summed E-state index contributed by atoms with van der Waals surface area (Å²) in [5.74, 6) is 1.64. The van der Waals surface area contributed by atoms with Crippen LogP contribution in [-0.2, 0) is 9.59 Å². The molecule has 0 amide bonds. The number of aryl methyl sites for hydroxylation is 1. The highest BCUT2D eigenvalue weighted by Gasteiger charge is 2.64. The van der Waals surface area contributed by atoms with Crippen LogP contribution in [0.5, 0.6) is 0 Å². The van der Waals surface area contributed by atoms with Crippen molar-refractivity contribution in [2.45, 2.75) is 74.1 Å². The summed E-state index contributed by atoms with van der Waals surface area (Å²) >= 11 is 0. The first-order valence-corrected chi connectivity index (χ1v) is 14.0. The summed E-state index contributed by atoms with van der Waals surface area (Å²) in [4.78, 5) is 25.3. The van der Waals surface area contributed by atoms with Gasteiger partial charge in [-0.05, 0) is 89.7 Å². The summed E-state index contributed by atoms with van der Waals surface area (Å²) in [6.07, 6.45) is 8.66. The van der Waals surface area contributed by atoms with Crippen molar-refractivity contribution in [1.82, 2.24) is 0 Å². The van der Waals surface area contributed by atoms with Crippen molar-refractivity contribution in [2.24, 2.45) is 33.5 Å². The molecule has 6 rings (SSSR count). The molecule has 4 saturated carbocycles. The predicted octanol–water partition coefficient (Wildman–Crippen LogP) is 8.50. The van der Waals surface area contributed by atoms with Crippen LogP contribution in [0.25, 0.3) is 12.2 Å². The monoisotopic (exact) mass is 494 g/mol. The average Bonchev–Trinajstić information content (AvgIpc) is 3.35. The zero-order chi connectivity index (χ0) is 26.8. The molecule has 4 fully saturated rings.